The van der Waals surface area contributed by atoms with E-state index >= 15 is 0 Å². The van der Waals surface area contributed by atoms with Crippen LogP contribution in [0.3, 0.4) is 0 Å². The van der Waals surface area contributed by atoms with Gasteiger partial charge in [-0.2, -0.15) is 5.10 Å². The zero-order chi connectivity index (χ0) is 15.5. The molecule has 1 aliphatic rings. The fraction of sp³-hybridized carbons (Fsp3) is 0.438. The number of carbonyl (C=O) groups is 1. The molecule has 2 aromatic rings. The number of nitrogens with zero attached hydrogens (tertiary/aromatic N) is 3. The Labute approximate surface area is 154 Å². The predicted molar refractivity (Wildman–Crippen MR) is 98.3 cm³/mol. The standard InChI is InChI=1S/C16H21N5O.2ClH/c1-2-14-12(16(22)19-10-13(17)11-6-7-11)9-20-21(14)15-5-3-4-8-18-15;;/h3-5,8-9,11,13H,2,6-7,10,17H2,1H3,(H,19,22);2*1H. The first-order valence-corrected chi connectivity index (χ1v) is 7.72. The Morgan fingerprint density at radius 2 is 2.17 bits per heavy atom. The molecule has 0 aromatic carbocycles. The lowest BCUT2D eigenvalue weighted by Gasteiger charge is -2.12. The Morgan fingerprint density at radius 1 is 1.42 bits per heavy atom. The third-order valence-corrected chi connectivity index (χ3v) is 4.04. The number of pyridine rings is 1. The van der Waals surface area contributed by atoms with Gasteiger partial charge in [-0.05, 0) is 37.3 Å². The highest BCUT2D eigenvalue weighted by Gasteiger charge is 2.29. The molecule has 132 valence electrons. The first-order chi connectivity index (χ1) is 10.7. The predicted octanol–water partition coefficient (Wildman–Crippen LogP) is 2.14. The smallest absolute Gasteiger partial charge is 0.254 e. The second-order valence-electron chi connectivity index (χ2n) is 5.67. The molecule has 8 heteroatoms. The van der Waals surface area contributed by atoms with Crippen LogP contribution in [0, 0.1) is 5.92 Å². The van der Waals surface area contributed by atoms with E-state index in [1.807, 2.05) is 25.1 Å². The summed E-state index contributed by atoms with van der Waals surface area (Å²) in [6.45, 7) is 2.52. The van der Waals surface area contributed by atoms with Crippen molar-refractivity contribution < 1.29 is 4.79 Å². The van der Waals surface area contributed by atoms with Crippen molar-refractivity contribution >= 4 is 30.7 Å². The number of rotatable bonds is 6. The van der Waals surface area contributed by atoms with E-state index in [2.05, 4.69) is 15.4 Å². The summed E-state index contributed by atoms with van der Waals surface area (Å²) >= 11 is 0. The molecule has 0 bridgehead atoms. The Morgan fingerprint density at radius 3 is 2.75 bits per heavy atom. The lowest BCUT2D eigenvalue weighted by atomic mass is 10.1. The van der Waals surface area contributed by atoms with Crippen LogP contribution < -0.4 is 11.1 Å². The summed E-state index contributed by atoms with van der Waals surface area (Å²) in [5.41, 5.74) is 7.48. The second kappa shape index (κ2) is 9.01. The molecular formula is C16H23Cl2N5O. The van der Waals surface area contributed by atoms with Crippen LogP contribution in [-0.4, -0.2) is 33.3 Å². The maximum atomic E-state index is 12.4. The minimum Gasteiger partial charge on any atom is -0.350 e. The van der Waals surface area contributed by atoms with Crippen molar-refractivity contribution in [1.82, 2.24) is 20.1 Å². The summed E-state index contributed by atoms with van der Waals surface area (Å²) in [6.07, 6.45) is 6.37. The zero-order valence-electron chi connectivity index (χ0n) is 13.5. The largest absolute Gasteiger partial charge is 0.350 e. The maximum absolute atomic E-state index is 12.4. The van der Waals surface area contributed by atoms with Gasteiger partial charge in [0.2, 0.25) is 0 Å². The molecule has 0 saturated heterocycles. The second-order valence-corrected chi connectivity index (χ2v) is 5.67. The topological polar surface area (TPSA) is 85.8 Å². The minimum absolute atomic E-state index is 0. The van der Waals surface area contributed by atoms with Crippen LogP contribution in [-0.2, 0) is 6.42 Å². The molecule has 0 spiro atoms. The molecule has 2 aromatic heterocycles. The Hall–Kier alpha value is -1.63. The van der Waals surface area contributed by atoms with Crippen LogP contribution in [0.15, 0.2) is 30.6 Å². The summed E-state index contributed by atoms with van der Waals surface area (Å²) < 4.78 is 1.72. The van der Waals surface area contributed by atoms with Crippen molar-refractivity contribution in [3.63, 3.8) is 0 Å². The number of aromatic nitrogens is 3. The molecule has 0 radical (unpaired) electrons. The van der Waals surface area contributed by atoms with Crippen molar-refractivity contribution in [2.45, 2.75) is 32.2 Å². The van der Waals surface area contributed by atoms with Gasteiger partial charge in [-0.15, -0.1) is 24.8 Å². The van der Waals surface area contributed by atoms with Gasteiger partial charge < -0.3 is 11.1 Å². The lowest BCUT2D eigenvalue weighted by molar-refractivity contribution is 0.0949. The van der Waals surface area contributed by atoms with E-state index in [-0.39, 0.29) is 36.8 Å². The quantitative estimate of drug-likeness (QED) is 0.814. The molecule has 1 unspecified atom stereocenters. The van der Waals surface area contributed by atoms with E-state index in [1.54, 1.807) is 17.1 Å². The van der Waals surface area contributed by atoms with Gasteiger partial charge >= 0.3 is 0 Å². The SMILES string of the molecule is CCc1c(C(=O)NCC(N)C2CC2)cnn1-c1ccccn1.Cl.Cl. The van der Waals surface area contributed by atoms with Gasteiger partial charge in [0, 0.05) is 18.8 Å². The monoisotopic (exact) mass is 371 g/mol. The third kappa shape index (κ3) is 4.47. The normalized spacial score (nSPS) is 14.2. The average molecular weight is 372 g/mol. The summed E-state index contributed by atoms with van der Waals surface area (Å²) in [6, 6.07) is 5.68. The fourth-order valence-corrected chi connectivity index (χ4v) is 2.58. The van der Waals surface area contributed by atoms with Crippen LogP contribution in [0.1, 0.15) is 35.8 Å². The Balaban J connectivity index is 0.00000144. The maximum Gasteiger partial charge on any atom is 0.254 e. The van der Waals surface area contributed by atoms with Crippen LogP contribution in [0.25, 0.3) is 5.82 Å². The van der Waals surface area contributed by atoms with Gasteiger partial charge in [0.1, 0.15) is 0 Å². The molecule has 2 heterocycles. The van der Waals surface area contributed by atoms with Crippen molar-refractivity contribution in [3.8, 4) is 5.82 Å². The van der Waals surface area contributed by atoms with E-state index in [0.717, 1.165) is 5.69 Å². The number of carbonyl (C=O) groups excluding carboxylic acids is 1. The van der Waals surface area contributed by atoms with Gasteiger partial charge in [0.05, 0.1) is 17.5 Å². The van der Waals surface area contributed by atoms with Gasteiger partial charge in [0.25, 0.3) is 5.91 Å². The number of nitrogens with one attached hydrogen (secondary N) is 1. The van der Waals surface area contributed by atoms with Crippen LogP contribution in [0.2, 0.25) is 0 Å². The van der Waals surface area contributed by atoms with Gasteiger partial charge in [-0.1, -0.05) is 13.0 Å². The first-order valence-electron chi connectivity index (χ1n) is 7.72. The molecule has 1 amide bonds. The number of hydrogen-bond donors (Lipinski definition) is 2. The molecule has 6 nitrogen and oxygen atoms in total. The highest BCUT2D eigenvalue weighted by Crippen LogP contribution is 2.31. The molecule has 1 atom stereocenters. The van der Waals surface area contributed by atoms with Gasteiger partial charge in [-0.3, -0.25) is 4.79 Å². The molecule has 0 aliphatic heterocycles. The minimum atomic E-state index is -0.116. The van der Waals surface area contributed by atoms with Crippen LogP contribution >= 0.6 is 24.8 Å². The van der Waals surface area contributed by atoms with Crippen molar-refractivity contribution in [2.24, 2.45) is 11.7 Å². The molecule has 1 aliphatic carbocycles. The Bertz CT molecular complexity index is 658. The van der Waals surface area contributed by atoms with Crippen LogP contribution in [0.4, 0.5) is 0 Å². The van der Waals surface area contributed by atoms with Crippen molar-refractivity contribution in [3.05, 3.63) is 41.9 Å². The fourth-order valence-electron chi connectivity index (χ4n) is 2.58. The molecular weight excluding hydrogens is 349 g/mol. The highest BCUT2D eigenvalue weighted by molar-refractivity contribution is 5.95. The average Bonchev–Trinajstić information content (AvgIpc) is 3.31. The number of halogens is 2. The highest BCUT2D eigenvalue weighted by atomic mass is 35.5. The first kappa shape index (κ1) is 20.4. The van der Waals surface area contributed by atoms with Gasteiger partial charge in [-0.25, -0.2) is 9.67 Å². The van der Waals surface area contributed by atoms with E-state index in [0.29, 0.717) is 30.3 Å². The zero-order valence-corrected chi connectivity index (χ0v) is 15.1. The van der Waals surface area contributed by atoms with Crippen LogP contribution in [0.5, 0.6) is 0 Å². The van der Waals surface area contributed by atoms with Gasteiger partial charge in [0.15, 0.2) is 5.82 Å². The molecule has 24 heavy (non-hydrogen) atoms. The molecule has 1 fully saturated rings. The summed E-state index contributed by atoms with van der Waals surface area (Å²) in [5.74, 6) is 1.17. The number of nitrogens with two attached hydrogens (primary N) is 1. The number of hydrogen-bond acceptors (Lipinski definition) is 4. The summed E-state index contributed by atoms with van der Waals surface area (Å²) in [7, 11) is 0. The van der Waals surface area contributed by atoms with E-state index in [9.17, 15) is 4.79 Å². The van der Waals surface area contributed by atoms with Crippen molar-refractivity contribution in [2.75, 3.05) is 6.54 Å². The summed E-state index contributed by atoms with van der Waals surface area (Å²) in [5, 5.41) is 7.24. The number of amides is 1. The van der Waals surface area contributed by atoms with E-state index in [4.69, 9.17) is 5.73 Å². The molecule has 3 N–H and O–H groups in total. The lowest BCUT2D eigenvalue weighted by Crippen LogP contribution is -2.38. The summed E-state index contributed by atoms with van der Waals surface area (Å²) in [4.78, 5) is 16.7. The molecule has 3 rings (SSSR count). The van der Waals surface area contributed by atoms with E-state index < -0.39 is 0 Å². The third-order valence-electron chi connectivity index (χ3n) is 4.04. The molecule has 1 saturated carbocycles. The van der Waals surface area contributed by atoms with E-state index in [1.165, 1.54) is 12.8 Å². The Kier molecular flexibility index (Phi) is 7.66. The van der Waals surface area contributed by atoms with Crippen molar-refractivity contribution in [1.29, 1.82) is 0 Å².